The average molecular weight is 266 g/mol. The smallest absolute Gasteiger partial charge is 0.303 e. The lowest BCUT2D eigenvalue weighted by Crippen LogP contribution is -2.20. The maximum atomic E-state index is 10.7. The van der Waals surface area contributed by atoms with Gasteiger partial charge < -0.3 is 14.6 Å². The number of carboxylic acid groups (broad SMARTS) is 1. The van der Waals surface area contributed by atoms with Crippen LogP contribution in [0.2, 0.25) is 0 Å². The summed E-state index contributed by atoms with van der Waals surface area (Å²) >= 11 is 0. The third kappa shape index (κ3) is 3.63. The van der Waals surface area contributed by atoms with Crippen molar-refractivity contribution in [2.45, 2.75) is 39.0 Å². The molecule has 0 aliphatic rings. The quantitative estimate of drug-likeness (QED) is 0.859. The topological polar surface area (TPSA) is 55.8 Å². The summed E-state index contributed by atoms with van der Waals surface area (Å²) in [5, 5.41) is 8.83. The van der Waals surface area contributed by atoms with Crippen LogP contribution in [0.1, 0.15) is 37.8 Å². The van der Waals surface area contributed by atoms with Crippen LogP contribution in [0.15, 0.2) is 12.1 Å². The molecule has 4 heteroatoms. The van der Waals surface area contributed by atoms with E-state index in [4.69, 9.17) is 14.6 Å². The molecule has 1 aromatic rings. The zero-order valence-corrected chi connectivity index (χ0v) is 12.2. The van der Waals surface area contributed by atoms with Crippen LogP contribution in [0.5, 0.6) is 11.5 Å². The Hall–Kier alpha value is -1.71. The summed E-state index contributed by atoms with van der Waals surface area (Å²) in [4.78, 5) is 10.7. The van der Waals surface area contributed by atoms with E-state index in [1.165, 1.54) is 0 Å². The highest BCUT2D eigenvalue weighted by Crippen LogP contribution is 2.38. The van der Waals surface area contributed by atoms with E-state index in [1.54, 1.807) is 14.2 Å². The molecule has 1 aromatic carbocycles. The lowest BCUT2D eigenvalue weighted by molar-refractivity contribution is -0.137. The minimum Gasteiger partial charge on any atom is -0.493 e. The molecule has 0 fully saturated rings. The molecule has 0 amide bonds. The van der Waals surface area contributed by atoms with E-state index >= 15 is 0 Å². The van der Waals surface area contributed by atoms with Crippen molar-refractivity contribution in [1.29, 1.82) is 0 Å². The van der Waals surface area contributed by atoms with E-state index in [-0.39, 0.29) is 11.8 Å². The molecule has 0 radical (unpaired) electrons. The minimum absolute atomic E-state index is 0.154. The van der Waals surface area contributed by atoms with Gasteiger partial charge in [0.15, 0.2) is 11.5 Å². The van der Waals surface area contributed by atoms with Crippen LogP contribution in [0.25, 0.3) is 0 Å². The zero-order chi connectivity index (χ0) is 14.6. The van der Waals surface area contributed by atoms with E-state index in [0.29, 0.717) is 17.9 Å². The first-order chi connectivity index (χ1) is 8.81. The highest BCUT2D eigenvalue weighted by atomic mass is 16.5. The predicted molar refractivity (Wildman–Crippen MR) is 74.2 cm³/mol. The van der Waals surface area contributed by atoms with Crippen molar-refractivity contribution in [2.75, 3.05) is 14.2 Å². The number of carbonyl (C=O) groups is 1. The van der Waals surface area contributed by atoms with Gasteiger partial charge in [-0.15, -0.1) is 0 Å². The van der Waals surface area contributed by atoms with E-state index < -0.39 is 5.97 Å². The van der Waals surface area contributed by atoms with Crippen LogP contribution in [0.4, 0.5) is 0 Å². The Kier molecular flexibility index (Phi) is 4.81. The van der Waals surface area contributed by atoms with E-state index in [0.717, 1.165) is 11.1 Å². The molecule has 1 rings (SSSR count). The summed E-state index contributed by atoms with van der Waals surface area (Å²) in [7, 11) is 3.20. The van der Waals surface area contributed by atoms with E-state index in [1.807, 2.05) is 32.9 Å². The molecule has 0 saturated heterocycles. The second-order valence-corrected chi connectivity index (χ2v) is 5.30. The van der Waals surface area contributed by atoms with Gasteiger partial charge in [-0.3, -0.25) is 4.79 Å². The maximum absolute atomic E-state index is 10.7. The molecular formula is C15H22O4. The molecule has 106 valence electrons. The van der Waals surface area contributed by atoms with Gasteiger partial charge in [0.1, 0.15) is 0 Å². The van der Waals surface area contributed by atoms with Gasteiger partial charge in [0.25, 0.3) is 0 Å². The summed E-state index contributed by atoms with van der Waals surface area (Å²) in [6, 6.07) is 3.87. The molecule has 4 nitrogen and oxygen atoms in total. The van der Waals surface area contributed by atoms with Crippen molar-refractivity contribution >= 4 is 5.97 Å². The molecule has 0 aliphatic heterocycles. The van der Waals surface area contributed by atoms with Crippen LogP contribution in [-0.2, 0) is 10.2 Å². The predicted octanol–water partition coefficient (Wildman–Crippen LogP) is 3.15. The van der Waals surface area contributed by atoms with E-state index in [9.17, 15) is 4.79 Å². The largest absolute Gasteiger partial charge is 0.493 e. The van der Waals surface area contributed by atoms with Crippen molar-refractivity contribution in [1.82, 2.24) is 0 Å². The summed E-state index contributed by atoms with van der Waals surface area (Å²) < 4.78 is 10.6. The molecule has 0 aliphatic carbocycles. The normalized spacial score (nSPS) is 11.2. The Morgan fingerprint density at radius 2 is 1.74 bits per heavy atom. The van der Waals surface area contributed by atoms with Crippen molar-refractivity contribution in [3.63, 3.8) is 0 Å². The summed E-state index contributed by atoms with van der Waals surface area (Å²) in [6.07, 6.45) is 0.736. The second kappa shape index (κ2) is 5.95. The average Bonchev–Trinajstić information content (AvgIpc) is 2.35. The monoisotopic (exact) mass is 266 g/mol. The molecule has 0 unspecified atom stereocenters. The highest BCUT2D eigenvalue weighted by Gasteiger charge is 2.25. The molecule has 0 bridgehead atoms. The van der Waals surface area contributed by atoms with Crippen molar-refractivity contribution in [3.05, 3.63) is 23.3 Å². The van der Waals surface area contributed by atoms with Gasteiger partial charge in [0.2, 0.25) is 0 Å². The lowest BCUT2D eigenvalue weighted by atomic mass is 9.78. The van der Waals surface area contributed by atoms with Gasteiger partial charge in [-0.1, -0.05) is 13.8 Å². The number of hydrogen-bond donors (Lipinski definition) is 1. The van der Waals surface area contributed by atoms with Crippen LogP contribution >= 0.6 is 0 Å². The number of rotatable bonds is 6. The molecule has 0 saturated carbocycles. The Bertz CT molecular complexity index is 463. The Balaban J connectivity index is 3.14. The maximum Gasteiger partial charge on any atom is 0.303 e. The fourth-order valence-electron chi connectivity index (χ4n) is 2.26. The first kappa shape index (κ1) is 15.3. The molecule has 0 atom stereocenters. The second-order valence-electron chi connectivity index (χ2n) is 5.30. The first-order valence-electron chi connectivity index (χ1n) is 6.26. The summed E-state index contributed by atoms with van der Waals surface area (Å²) in [5.74, 6) is 0.593. The van der Waals surface area contributed by atoms with Gasteiger partial charge in [-0.2, -0.15) is 0 Å². The Labute approximate surface area is 114 Å². The molecule has 0 heterocycles. The van der Waals surface area contributed by atoms with Crippen molar-refractivity contribution in [2.24, 2.45) is 0 Å². The van der Waals surface area contributed by atoms with Crippen LogP contribution in [-0.4, -0.2) is 25.3 Å². The van der Waals surface area contributed by atoms with Gasteiger partial charge in [0.05, 0.1) is 14.2 Å². The number of benzene rings is 1. The zero-order valence-electron chi connectivity index (χ0n) is 12.2. The third-order valence-electron chi connectivity index (χ3n) is 3.42. The van der Waals surface area contributed by atoms with Gasteiger partial charge in [-0.05, 0) is 42.0 Å². The van der Waals surface area contributed by atoms with Gasteiger partial charge in [0, 0.05) is 6.42 Å². The Morgan fingerprint density at radius 1 is 1.21 bits per heavy atom. The van der Waals surface area contributed by atoms with E-state index in [2.05, 4.69) is 0 Å². The van der Waals surface area contributed by atoms with Crippen LogP contribution < -0.4 is 9.47 Å². The summed E-state index contributed by atoms with van der Waals surface area (Å²) in [5.41, 5.74) is 1.95. The molecular weight excluding hydrogens is 244 g/mol. The van der Waals surface area contributed by atoms with Crippen LogP contribution in [0.3, 0.4) is 0 Å². The van der Waals surface area contributed by atoms with Crippen LogP contribution in [0, 0.1) is 6.92 Å². The summed E-state index contributed by atoms with van der Waals surface area (Å²) in [6.45, 7) is 6.09. The standard InChI is InChI=1S/C15H22O4/c1-10-8-12(18-4)13(19-5)9-11(10)15(2,3)7-6-14(16)17/h8-9H,6-7H2,1-5H3,(H,16,17). The number of aliphatic carboxylic acids is 1. The molecule has 0 spiro atoms. The van der Waals surface area contributed by atoms with Gasteiger partial charge in [-0.25, -0.2) is 0 Å². The molecule has 19 heavy (non-hydrogen) atoms. The van der Waals surface area contributed by atoms with Crippen molar-refractivity contribution in [3.8, 4) is 11.5 Å². The number of ether oxygens (including phenoxy) is 2. The fraction of sp³-hybridized carbons (Fsp3) is 0.533. The lowest BCUT2D eigenvalue weighted by Gasteiger charge is -2.27. The number of hydrogen-bond acceptors (Lipinski definition) is 3. The SMILES string of the molecule is COc1cc(C)c(C(C)(C)CCC(=O)O)cc1OC. The molecule has 0 aromatic heterocycles. The number of aryl methyl sites for hydroxylation is 1. The van der Waals surface area contributed by atoms with Crippen molar-refractivity contribution < 1.29 is 19.4 Å². The first-order valence-corrected chi connectivity index (χ1v) is 6.26. The highest BCUT2D eigenvalue weighted by molar-refractivity contribution is 5.67. The Morgan fingerprint density at radius 3 is 2.21 bits per heavy atom. The fourth-order valence-corrected chi connectivity index (χ4v) is 2.26. The number of carboxylic acids is 1. The van der Waals surface area contributed by atoms with Gasteiger partial charge >= 0.3 is 5.97 Å². The molecule has 1 N–H and O–H groups in total. The minimum atomic E-state index is -0.772. The third-order valence-corrected chi connectivity index (χ3v) is 3.42. The number of methoxy groups -OCH3 is 2.